The first-order chi connectivity index (χ1) is 10.1. The van der Waals surface area contributed by atoms with E-state index in [2.05, 4.69) is 30.6 Å². The topological polar surface area (TPSA) is 64.0 Å². The van der Waals surface area contributed by atoms with Crippen LogP contribution in [0.3, 0.4) is 0 Å². The van der Waals surface area contributed by atoms with Crippen LogP contribution in [0.25, 0.3) is 0 Å². The summed E-state index contributed by atoms with van der Waals surface area (Å²) in [6, 6.07) is 0.0491. The van der Waals surface area contributed by atoms with Crippen molar-refractivity contribution in [1.29, 1.82) is 0 Å². The van der Waals surface area contributed by atoms with E-state index in [1.54, 1.807) is 17.8 Å². The van der Waals surface area contributed by atoms with E-state index in [0.717, 1.165) is 25.7 Å². The summed E-state index contributed by atoms with van der Waals surface area (Å²) >= 11 is 0. The summed E-state index contributed by atoms with van der Waals surface area (Å²) in [6.07, 6.45) is 5.64. The first-order valence-electron chi connectivity index (χ1n) is 8.20. The monoisotopic (exact) mass is 327 g/mol. The van der Waals surface area contributed by atoms with Crippen molar-refractivity contribution in [3.63, 3.8) is 0 Å². The highest BCUT2D eigenvalue weighted by Crippen LogP contribution is 2.38. The van der Waals surface area contributed by atoms with E-state index in [9.17, 15) is 8.42 Å². The van der Waals surface area contributed by atoms with E-state index in [1.165, 1.54) is 0 Å². The van der Waals surface area contributed by atoms with Crippen LogP contribution in [0.2, 0.25) is 0 Å². The maximum atomic E-state index is 12.6. The van der Waals surface area contributed by atoms with Gasteiger partial charge in [0.2, 0.25) is 10.0 Å². The highest BCUT2D eigenvalue weighted by molar-refractivity contribution is 7.89. The smallest absolute Gasteiger partial charge is 0.244 e. The number of nitrogens with zero attached hydrogens (tertiary/aromatic N) is 2. The molecule has 0 bridgehead atoms. The molecule has 1 aromatic rings. The van der Waals surface area contributed by atoms with Gasteiger partial charge in [-0.05, 0) is 50.9 Å². The fraction of sp³-hybridized carbons (Fsp3) is 0.812. The first kappa shape index (κ1) is 17.5. The normalized spacial score (nSPS) is 23.7. The van der Waals surface area contributed by atoms with Crippen molar-refractivity contribution in [3.05, 3.63) is 11.9 Å². The molecular formula is C16H29N3O2S. The van der Waals surface area contributed by atoms with Gasteiger partial charge in [-0.3, -0.25) is 4.68 Å². The molecule has 6 heteroatoms. The second-order valence-corrected chi connectivity index (χ2v) is 9.15. The van der Waals surface area contributed by atoms with Crippen LogP contribution < -0.4 is 4.72 Å². The van der Waals surface area contributed by atoms with Gasteiger partial charge in [0.05, 0.1) is 5.69 Å². The molecule has 5 nitrogen and oxygen atoms in total. The van der Waals surface area contributed by atoms with Crippen LogP contribution in [-0.4, -0.2) is 24.2 Å². The van der Waals surface area contributed by atoms with Crippen LogP contribution in [0, 0.1) is 18.3 Å². The van der Waals surface area contributed by atoms with Gasteiger partial charge in [-0.25, -0.2) is 13.1 Å². The first-order valence-corrected chi connectivity index (χ1v) is 9.68. The van der Waals surface area contributed by atoms with Crippen LogP contribution in [0.5, 0.6) is 0 Å². The average molecular weight is 327 g/mol. The van der Waals surface area contributed by atoms with Gasteiger partial charge in [0.15, 0.2) is 0 Å². The van der Waals surface area contributed by atoms with E-state index >= 15 is 0 Å². The molecule has 126 valence electrons. The molecule has 0 unspecified atom stereocenters. The van der Waals surface area contributed by atoms with Crippen molar-refractivity contribution < 1.29 is 8.42 Å². The summed E-state index contributed by atoms with van der Waals surface area (Å²) < 4.78 is 29.7. The zero-order valence-electron chi connectivity index (χ0n) is 14.4. The number of hydrogen-bond acceptors (Lipinski definition) is 3. The summed E-state index contributed by atoms with van der Waals surface area (Å²) in [7, 11) is -3.47. The van der Waals surface area contributed by atoms with Crippen LogP contribution in [0.15, 0.2) is 11.1 Å². The SMILES string of the molecule is CCn1cc(S(=O)(=O)NC2CCC(C(C)(C)C)CC2)c(C)n1. The Kier molecular flexibility index (Phi) is 5.02. The molecule has 0 amide bonds. The molecule has 1 aromatic heterocycles. The molecule has 0 saturated heterocycles. The van der Waals surface area contributed by atoms with Crippen LogP contribution in [-0.2, 0) is 16.6 Å². The summed E-state index contributed by atoms with van der Waals surface area (Å²) in [4.78, 5) is 0.312. The molecular weight excluding hydrogens is 298 g/mol. The van der Waals surface area contributed by atoms with Crippen LogP contribution in [0.1, 0.15) is 59.1 Å². The van der Waals surface area contributed by atoms with Gasteiger partial charge in [-0.1, -0.05) is 20.8 Å². The fourth-order valence-electron chi connectivity index (χ4n) is 3.29. The number of nitrogens with one attached hydrogen (secondary N) is 1. The molecule has 1 fully saturated rings. The third-order valence-electron chi connectivity index (χ3n) is 4.79. The summed E-state index contributed by atoms with van der Waals surface area (Å²) in [6.45, 7) is 11.2. The Labute approximate surface area is 134 Å². The predicted octanol–water partition coefficient (Wildman–Crippen LogP) is 3.09. The Morgan fingerprint density at radius 1 is 1.27 bits per heavy atom. The molecule has 1 heterocycles. The molecule has 2 rings (SSSR count). The van der Waals surface area contributed by atoms with E-state index in [4.69, 9.17) is 0 Å². The van der Waals surface area contributed by atoms with Gasteiger partial charge in [-0.2, -0.15) is 5.10 Å². The largest absolute Gasteiger partial charge is 0.271 e. The van der Waals surface area contributed by atoms with Crippen LogP contribution in [0.4, 0.5) is 0 Å². The van der Waals surface area contributed by atoms with E-state index in [1.807, 2.05) is 6.92 Å². The molecule has 0 atom stereocenters. The second kappa shape index (κ2) is 6.32. The molecule has 22 heavy (non-hydrogen) atoms. The zero-order valence-corrected chi connectivity index (χ0v) is 15.2. The second-order valence-electron chi connectivity index (χ2n) is 7.47. The Morgan fingerprint density at radius 2 is 1.86 bits per heavy atom. The minimum absolute atomic E-state index is 0.0491. The maximum absolute atomic E-state index is 12.6. The molecule has 0 aliphatic heterocycles. The van der Waals surface area contributed by atoms with Gasteiger partial charge in [-0.15, -0.1) is 0 Å². The van der Waals surface area contributed by atoms with Crippen molar-refractivity contribution in [1.82, 2.24) is 14.5 Å². The summed E-state index contributed by atoms with van der Waals surface area (Å²) in [5.41, 5.74) is 0.876. The van der Waals surface area contributed by atoms with Gasteiger partial charge < -0.3 is 0 Å². The lowest BCUT2D eigenvalue weighted by molar-refractivity contribution is 0.166. The molecule has 0 spiro atoms. The van der Waals surface area contributed by atoms with Crippen LogP contribution >= 0.6 is 0 Å². The summed E-state index contributed by atoms with van der Waals surface area (Å²) in [5.74, 6) is 0.679. The number of hydrogen-bond donors (Lipinski definition) is 1. The lowest BCUT2D eigenvalue weighted by Gasteiger charge is -2.37. The number of aryl methyl sites for hydroxylation is 2. The highest BCUT2D eigenvalue weighted by Gasteiger charge is 2.32. The van der Waals surface area contributed by atoms with E-state index in [0.29, 0.717) is 28.5 Å². The van der Waals surface area contributed by atoms with Gasteiger partial charge in [0.25, 0.3) is 0 Å². The number of rotatable bonds is 4. The van der Waals surface area contributed by atoms with E-state index in [-0.39, 0.29) is 6.04 Å². The third kappa shape index (κ3) is 3.90. The Bertz CT molecular complexity index is 606. The quantitative estimate of drug-likeness (QED) is 0.924. The minimum Gasteiger partial charge on any atom is -0.271 e. The van der Waals surface area contributed by atoms with Gasteiger partial charge in [0, 0.05) is 18.8 Å². The lowest BCUT2D eigenvalue weighted by Crippen LogP contribution is -2.39. The van der Waals surface area contributed by atoms with Crippen molar-refractivity contribution in [2.24, 2.45) is 11.3 Å². The average Bonchev–Trinajstić information content (AvgIpc) is 2.80. The lowest BCUT2D eigenvalue weighted by atomic mass is 9.71. The number of aromatic nitrogens is 2. The molecule has 1 N–H and O–H groups in total. The molecule has 0 radical (unpaired) electrons. The molecule has 1 aliphatic rings. The molecule has 0 aromatic carbocycles. The molecule has 1 aliphatic carbocycles. The van der Waals surface area contributed by atoms with Crippen molar-refractivity contribution in [2.75, 3.05) is 0 Å². The van der Waals surface area contributed by atoms with Gasteiger partial charge in [0.1, 0.15) is 4.90 Å². The zero-order chi connectivity index (χ0) is 16.5. The maximum Gasteiger partial charge on any atom is 0.244 e. The Hall–Kier alpha value is -0.880. The Morgan fingerprint density at radius 3 is 2.32 bits per heavy atom. The van der Waals surface area contributed by atoms with Gasteiger partial charge >= 0.3 is 0 Å². The molecule has 1 saturated carbocycles. The standard InChI is InChI=1S/C16H29N3O2S/c1-6-19-11-15(12(2)17-19)22(20,21)18-14-9-7-13(8-10-14)16(3,4)5/h11,13-14,18H,6-10H2,1-5H3. The third-order valence-corrected chi connectivity index (χ3v) is 6.41. The van der Waals surface area contributed by atoms with Crippen molar-refractivity contribution >= 4 is 10.0 Å². The Balaban J connectivity index is 2.03. The number of sulfonamides is 1. The fourth-order valence-corrected chi connectivity index (χ4v) is 4.78. The highest BCUT2D eigenvalue weighted by atomic mass is 32.2. The summed E-state index contributed by atoms with van der Waals surface area (Å²) in [5, 5.41) is 4.23. The van der Waals surface area contributed by atoms with E-state index < -0.39 is 10.0 Å². The predicted molar refractivity (Wildman–Crippen MR) is 88.2 cm³/mol. The van der Waals surface area contributed by atoms with Crippen molar-refractivity contribution in [3.8, 4) is 0 Å². The van der Waals surface area contributed by atoms with Crippen molar-refractivity contribution in [2.45, 2.75) is 77.8 Å². The minimum atomic E-state index is -3.47.